The number of aliphatic hydroxyl groups excluding tert-OH is 4. The Labute approximate surface area is 846 Å². The van der Waals surface area contributed by atoms with Crippen LogP contribution in [0.3, 0.4) is 0 Å². The number of nitrogens with zero attached hydrogens (tertiary/aromatic N) is 4. The van der Waals surface area contributed by atoms with Gasteiger partial charge in [-0.2, -0.15) is 0 Å². The van der Waals surface area contributed by atoms with Crippen molar-refractivity contribution in [3.8, 4) is 34.5 Å². The molecule has 4 aliphatic carbocycles. The summed E-state index contributed by atoms with van der Waals surface area (Å²) in [6.07, 6.45) is 5.55. The highest BCUT2D eigenvalue weighted by Gasteiger charge is 2.52. The highest BCUT2D eigenvalue weighted by Crippen LogP contribution is 2.54. The number of carbonyl (C=O) groups is 8. The monoisotopic (exact) mass is 2000 g/mol. The summed E-state index contributed by atoms with van der Waals surface area (Å²) in [5.74, 6) is 4.28. The molecule has 0 unspecified atom stereocenters. The number of hydrogen-bond donors (Lipinski definition) is 4. The molecule has 26 nitrogen and oxygen atoms in total. The highest BCUT2D eigenvalue weighted by molar-refractivity contribution is 8.05. The van der Waals surface area contributed by atoms with E-state index in [-0.39, 0.29) is 35.2 Å². The Morgan fingerprint density at radius 1 is 0.296 bits per heavy atom. The van der Waals surface area contributed by atoms with Gasteiger partial charge in [0.05, 0.1) is 40.6 Å². The molecule has 8 aliphatic heterocycles. The van der Waals surface area contributed by atoms with Crippen LogP contribution in [-0.2, 0) is 61.8 Å². The van der Waals surface area contributed by atoms with Gasteiger partial charge in [-0.1, -0.05) is 126 Å². The van der Waals surface area contributed by atoms with Gasteiger partial charge in [-0.3, -0.25) is 38.4 Å². The highest BCUT2D eigenvalue weighted by atomic mass is 32.2. The number of piperidine rings is 4. The van der Waals surface area contributed by atoms with Gasteiger partial charge >= 0.3 is 0 Å². The number of aliphatic hydroxyl groups is 4. The third kappa shape index (κ3) is 23.1. The van der Waals surface area contributed by atoms with Gasteiger partial charge in [-0.15, -0.1) is 47.0 Å². The van der Waals surface area contributed by atoms with Gasteiger partial charge < -0.3 is 87.4 Å². The average Bonchev–Trinajstić information content (AvgIpc) is 0.751. The zero-order valence-electron chi connectivity index (χ0n) is 82.0. The summed E-state index contributed by atoms with van der Waals surface area (Å²) in [5, 5.41) is 42.3. The topological polar surface area (TPSA) is 323 Å². The molecule has 748 valence electrons. The minimum Gasteiger partial charge on any atom is -0.497 e. The molecule has 0 amide bonds. The third-order valence-corrected chi connectivity index (χ3v) is 33.7. The lowest BCUT2D eigenvalue weighted by molar-refractivity contribution is -0.112. The maximum absolute atomic E-state index is 12.8. The molecular formula is C112H124N4O22S4. The normalized spacial score (nSPS) is 20.4. The van der Waals surface area contributed by atoms with Gasteiger partial charge in [0.15, 0.2) is 0 Å². The minimum atomic E-state index is -0.605. The lowest BCUT2D eigenvalue weighted by atomic mass is 9.87. The van der Waals surface area contributed by atoms with Gasteiger partial charge in [0, 0.05) is 197 Å². The Hall–Kier alpha value is -10.8. The molecule has 4 N–H and O–H groups in total. The standard InChI is InChI=1S/2C30H35NO6S.2C26H27NO5S/c2*1-29(2,3)19-5-7-21(8-6-19)36-17-20(32)16-31-13-11-30(12-14-31)18-38-28-26(34)25(33)24-15-22(35-4)9-10-23(24)27(28)37-30;2*1-31-19-7-8-20-21(14-19)22(29)23(30)25-24(20)32-26(16-33-25)9-11-27(12-10-26)15-18(28)13-17-5-3-2-4-6-17/h2*5-10,15,20,32H,11-14,16-18H2,1-4H3;2*2-8,14,18,28H,9-13,15-16H2,1H3/t2*20-;2*18-/m1010/s1. The summed E-state index contributed by atoms with van der Waals surface area (Å²) in [5.41, 5.74) is 7.37. The van der Waals surface area contributed by atoms with Gasteiger partial charge in [0.1, 0.15) is 125 Å². The molecule has 8 aromatic carbocycles. The van der Waals surface area contributed by atoms with Gasteiger partial charge in [0.2, 0.25) is 46.3 Å². The van der Waals surface area contributed by atoms with Gasteiger partial charge in [-0.05, 0) is 143 Å². The number of allylic oxidation sites excluding steroid dienone is 4. The Kier molecular flexibility index (Phi) is 31.5. The number of Topliss-reactive ketones (excluding diaryl/α,β-unsaturated/α-hetero) is 8. The van der Waals surface area contributed by atoms with Crippen molar-refractivity contribution >= 4 is 116 Å². The SMILES string of the molecule is COc1ccc2c(c1)C(=O)C(=O)C1=C2OC2(CCN(C[C@@H](O)COc3ccc(C(C)(C)C)cc3)CC2)CS1.COc1ccc2c(c1)C(=O)C(=O)C1=C2OC2(CCN(C[C@@H](O)Cc3ccccc3)CC2)CS1.COc1ccc2c(c1)C(=O)C(=O)C1=C2OC2(CCN(C[C@H](O)COc3ccc(C(C)(C)C)cc3)CC2)CS1.COc1ccc2c(c1)C(=O)C(=O)C1=C2OC2(CCN(C[C@H](O)Cc3ccccc3)CC2)CS1. The maximum atomic E-state index is 12.8. The van der Waals surface area contributed by atoms with Crippen LogP contribution in [0.1, 0.15) is 179 Å². The number of β-amino-alcohol motifs (C(OH)–C–C–N with tert-alkyl or cyclic N) is 4. The Bertz CT molecular complexity index is 5840. The number of likely N-dealkylation sites (tertiary alicyclic amines) is 4. The first-order valence-electron chi connectivity index (χ1n) is 48.6. The molecule has 0 bridgehead atoms. The Balaban J connectivity index is 0.000000130. The number of hydrogen-bond acceptors (Lipinski definition) is 30. The van der Waals surface area contributed by atoms with Crippen molar-refractivity contribution in [3.63, 3.8) is 0 Å². The van der Waals surface area contributed by atoms with Crippen LogP contribution < -0.4 is 28.4 Å². The van der Waals surface area contributed by atoms with Crippen molar-refractivity contribution in [2.24, 2.45) is 0 Å². The first-order chi connectivity index (χ1) is 68.1. The maximum Gasteiger partial charge on any atom is 0.243 e. The second kappa shape index (κ2) is 43.6. The number of thioether (sulfide) groups is 4. The van der Waals surface area contributed by atoms with E-state index in [2.05, 4.69) is 85.4 Å². The van der Waals surface area contributed by atoms with E-state index in [0.717, 1.165) is 126 Å². The molecule has 4 fully saturated rings. The van der Waals surface area contributed by atoms with E-state index >= 15 is 0 Å². The first kappa shape index (κ1) is 103. The molecule has 8 heterocycles. The van der Waals surface area contributed by atoms with E-state index in [0.29, 0.717) is 172 Å². The third-order valence-electron chi connectivity index (χ3n) is 28.4. The summed E-state index contributed by atoms with van der Waals surface area (Å²) in [4.78, 5) is 112. The number of rotatable bonds is 22. The predicted octanol–water partition coefficient (Wildman–Crippen LogP) is 15.6. The zero-order chi connectivity index (χ0) is 100. The predicted molar refractivity (Wildman–Crippen MR) is 550 cm³/mol. The molecule has 0 saturated carbocycles. The summed E-state index contributed by atoms with van der Waals surface area (Å²) < 4.78 is 58.9. The van der Waals surface area contributed by atoms with Crippen LogP contribution in [0.5, 0.6) is 34.5 Å². The van der Waals surface area contributed by atoms with Gasteiger partial charge in [-0.25, -0.2) is 0 Å². The molecule has 30 heteroatoms. The molecule has 0 aromatic heterocycles. The van der Waals surface area contributed by atoms with E-state index in [1.807, 2.05) is 97.1 Å². The second-order valence-corrected chi connectivity index (χ2v) is 44.5. The lowest BCUT2D eigenvalue weighted by Crippen LogP contribution is -2.51. The van der Waals surface area contributed by atoms with Crippen molar-refractivity contribution < 1.29 is 106 Å². The number of carbonyl (C=O) groups excluding carboxylic acids is 8. The molecule has 0 radical (unpaired) electrons. The van der Waals surface area contributed by atoms with E-state index in [9.17, 15) is 58.8 Å². The van der Waals surface area contributed by atoms with Crippen LogP contribution >= 0.6 is 47.0 Å². The van der Waals surface area contributed by atoms with Crippen LogP contribution in [0.2, 0.25) is 0 Å². The van der Waals surface area contributed by atoms with E-state index in [1.165, 1.54) is 86.6 Å². The van der Waals surface area contributed by atoms with Crippen LogP contribution in [-0.4, -0.2) is 276 Å². The molecular weight excluding hydrogens is 1880 g/mol. The van der Waals surface area contributed by atoms with Gasteiger partial charge in [0.25, 0.3) is 0 Å². The molecule has 20 rings (SSSR count). The van der Waals surface area contributed by atoms with Crippen LogP contribution in [0.15, 0.2) is 202 Å². The van der Waals surface area contributed by atoms with E-state index in [4.69, 9.17) is 47.4 Å². The van der Waals surface area contributed by atoms with Crippen molar-refractivity contribution in [1.82, 2.24) is 19.6 Å². The minimum absolute atomic E-state index is 0.0865. The first-order valence-corrected chi connectivity index (χ1v) is 52.6. The fourth-order valence-electron chi connectivity index (χ4n) is 19.9. The van der Waals surface area contributed by atoms with Crippen molar-refractivity contribution in [2.75, 3.05) is 143 Å². The number of ketones is 8. The smallest absolute Gasteiger partial charge is 0.243 e. The number of fused-ring (bicyclic) bond motifs is 8. The second-order valence-electron chi connectivity index (χ2n) is 40.6. The van der Waals surface area contributed by atoms with Crippen LogP contribution in [0.4, 0.5) is 0 Å². The average molecular weight is 2010 g/mol. The Morgan fingerprint density at radius 2 is 0.521 bits per heavy atom. The summed E-state index contributed by atoms with van der Waals surface area (Å²) in [7, 11) is 6.14. The molecule has 142 heavy (non-hydrogen) atoms. The van der Waals surface area contributed by atoms with Crippen LogP contribution in [0, 0.1) is 0 Å². The fraction of sp³-hybridized carbons (Fsp3) is 0.429. The summed E-state index contributed by atoms with van der Waals surface area (Å²) in [6, 6.07) is 57.0. The largest absolute Gasteiger partial charge is 0.497 e. The van der Waals surface area contributed by atoms with Crippen molar-refractivity contribution in [1.29, 1.82) is 0 Å². The molecule has 4 spiro atoms. The molecule has 4 atom stereocenters. The Morgan fingerprint density at radius 3 is 0.746 bits per heavy atom. The number of methoxy groups -OCH3 is 4. The summed E-state index contributed by atoms with van der Waals surface area (Å²) in [6.45, 7) is 22.1. The van der Waals surface area contributed by atoms with Crippen molar-refractivity contribution in [3.05, 3.63) is 268 Å². The lowest BCUT2D eigenvalue weighted by Gasteiger charge is -2.45. The molecule has 12 aliphatic rings. The van der Waals surface area contributed by atoms with Crippen LogP contribution in [0.25, 0.3) is 23.0 Å². The summed E-state index contributed by atoms with van der Waals surface area (Å²) >= 11 is 5.73. The number of benzene rings is 8. The van der Waals surface area contributed by atoms with E-state index < -0.39 is 81.9 Å². The molecule has 4 saturated heterocycles. The van der Waals surface area contributed by atoms with E-state index in [1.54, 1.807) is 60.7 Å². The molecule has 8 aromatic rings. The zero-order valence-corrected chi connectivity index (χ0v) is 85.3. The number of ether oxygens (including phenoxy) is 10. The van der Waals surface area contributed by atoms with Crippen molar-refractivity contribution in [2.45, 2.75) is 163 Å². The fourth-order valence-corrected chi connectivity index (χ4v) is 25.0. The quantitative estimate of drug-likeness (QED) is 0.0458.